The van der Waals surface area contributed by atoms with E-state index in [0.717, 1.165) is 6.26 Å². The second kappa shape index (κ2) is 6.11. The number of hydrazine groups is 1. The Bertz CT molecular complexity index is 760. The molecule has 0 aliphatic carbocycles. The summed E-state index contributed by atoms with van der Waals surface area (Å²) in [7, 11) is -3.29. The van der Waals surface area contributed by atoms with Gasteiger partial charge in [-0.3, -0.25) is 21.2 Å². The first-order chi connectivity index (χ1) is 9.88. The van der Waals surface area contributed by atoms with Crippen LogP contribution in [0.15, 0.2) is 47.5 Å². The molecule has 0 radical (unpaired) electrons. The van der Waals surface area contributed by atoms with Crippen molar-refractivity contribution in [1.82, 2.24) is 10.4 Å². The zero-order valence-electron chi connectivity index (χ0n) is 11.1. The van der Waals surface area contributed by atoms with Crippen molar-refractivity contribution in [3.05, 3.63) is 53.3 Å². The number of amidine groups is 1. The molecule has 0 spiro atoms. The van der Waals surface area contributed by atoms with Crippen molar-refractivity contribution in [1.29, 1.82) is 5.41 Å². The largest absolute Gasteiger partial charge is 0.298 e. The lowest BCUT2D eigenvalue weighted by Crippen LogP contribution is -2.30. The standard InChI is InChI=1S/C13H13ClN4O2S/c1-21(19,20)9-6-7-12(16-8-9)13(15)18-17-11-5-3-2-4-10(11)14/h2-8,17H,1H3,(H2,15,18). The molecule has 0 bridgehead atoms. The lowest BCUT2D eigenvalue weighted by Gasteiger charge is -2.11. The van der Waals surface area contributed by atoms with E-state index < -0.39 is 9.84 Å². The van der Waals surface area contributed by atoms with Crippen molar-refractivity contribution < 1.29 is 8.42 Å². The van der Waals surface area contributed by atoms with E-state index in [2.05, 4.69) is 15.8 Å². The highest BCUT2D eigenvalue weighted by Crippen LogP contribution is 2.19. The van der Waals surface area contributed by atoms with Crippen LogP contribution in [-0.2, 0) is 9.84 Å². The van der Waals surface area contributed by atoms with Crippen molar-refractivity contribution >= 4 is 33.0 Å². The lowest BCUT2D eigenvalue weighted by molar-refractivity contribution is 0.601. The van der Waals surface area contributed by atoms with Crippen LogP contribution in [0.5, 0.6) is 0 Å². The number of hydrogen-bond acceptors (Lipinski definition) is 5. The van der Waals surface area contributed by atoms with E-state index in [9.17, 15) is 8.42 Å². The molecular formula is C13H13ClN4O2S. The van der Waals surface area contributed by atoms with Gasteiger partial charge in [-0.25, -0.2) is 8.42 Å². The third kappa shape index (κ3) is 3.93. The molecule has 0 aliphatic heterocycles. The first-order valence-electron chi connectivity index (χ1n) is 5.89. The molecule has 0 saturated heterocycles. The molecule has 0 atom stereocenters. The Kier molecular flexibility index (Phi) is 4.44. The van der Waals surface area contributed by atoms with Gasteiger partial charge in [-0.15, -0.1) is 0 Å². The fourth-order valence-corrected chi connectivity index (χ4v) is 2.25. The molecule has 3 N–H and O–H groups in total. The summed E-state index contributed by atoms with van der Waals surface area (Å²) in [6.45, 7) is 0. The lowest BCUT2D eigenvalue weighted by atomic mass is 10.3. The van der Waals surface area contributed by atoms with Crippen molar-refractivity contribution in [2.45, 2.75) is 4.90 Å². The van der Waals surface area contributed by atoms with Crippen LogP contribution in [0.25, 0.3) is 0 Å². The second-order valence-corrected chi connectivity index (χ2v) is 6.68. The van der Waals surface area contributed by atoms with Crippen LogP contribution in [0.4, 0.5) is 5.69 Å². The molecule has 8 heteroatoms. The number of para-hydroxylation sites is 1. The number of aromatic nitrogens is 1. The van der Waals surface area contributed by atoms with Crippen LogP contribution in [0.2, 0.25) is 5.02 Å². The van der Waals surface area contributed by atoms with Gasteiger partial charge in [-0.1, -0.05) is 23.7 Å². The van der Waals surface area contributed by atoms with E-state index in [-0.39, 0.29) is 10.7 Å². The number of halogens is 1. The number of nitrogens with zero attached hydrogens (tertiary/aromatic N) is 1. The molecule has 0 amide bonds. The first-order valence-corrected chi connectivity index (χ1v) is 8.16. The summed E-state index contributed by atoms with van der Waals surface area (Å²) in [5.41, 5.74) is 6.37. The number of nitrogens with one attached hydrogen (secondary N) is 3. The fourth-order valence-electron chi connectivity index (χ4n) is 1.50. The predicted octanol–water partition coefficient (Wildman–Crippen LogP) is 2.08. The van der Waals surface area contributed by atoms with Crippen LogP contribution < -0.4 is 10.9 Å². The van der Waals surface area contributed by atoms with Gasteiger partial charge in [0.2, 0.25) is 0 Å². The van der Waals surface area contributed by atoms with Crippen LogP contribution in [0.3, 0.4) is 0 Å². The molecule has 0 saturated carbocycles. The van der Waals surface area contributed by atoms with Gasteiger partial charge in [0.1, 0.15) is 5.69 Å². The molecule has 1 heterocycles. The van der Waals surface area contributed by atoms with Crippen LogP contribution in [0, 0.1) is 5.41 Å². The van der Waals surface area contributed by atoms with Crippen molar-refractivity contribution in [2.24, 2.45) is 0 Å². The number of benzene rings is 1. The quantitative estimate of drug-likeness (QED) is 0.454. The zero-order valence-corrected chi connectivity index (χ0v) is 12.7. The van der Waals surface area contributed by atoms with Gasteiger partial charge in [0.05, 0.1) is 15.6 Å². The summed E-state index contributed by atoms with van der Waals surface area (Å²) in [4.78, 5) is 4.05. The Morgan fingerprint density at radius 2 is 1.95 bits per heavy atom. The molecule has 110 valence electrons. The molecule has 0 fully saturated rings. The number of pyridine rings is 1. The Morgan fingerprint density at radius 1 is 1.24 bits per heavy atom. The third-order valence-electron chi connectivity index (χ3n) is 2.62. The van der Waals surface area contributed by atoms with E-state index in [1.54, 1.807) is 24.3 Å². The van der Waals surface area contributed by atoms with Gasteiger partial charge < -0.3 is 0 Å². The van der Waals surface area contributed by atoms with E-state index in [4.69, 9.17) is 17.0 Å². The number of rotatable bonds is 4. The maximum Gasteiger partial charge on any atom is 0.177 e. The molecular weight excluding hydrogens is 312 g/mol. The Labute approximate surface area is 127 Å². The minimum Gasteiger partial charge on any atom is -0.298 e. The normalized spacial score (nSPS) is 11.0. The van der Waals surface area contributed by atoms with Gasteiger partial charge >= 0.3 is 0 Å². The molecule has 0 unspecified atom stereocenters. The predicted molar refractivity (Wildman–Crippen MR) is 82.4 cm³/mol. The van der Waals surface area contributed by atoms with Crippen molar-refractivity contribution in [3.8, 4) is 0 Å². The highest BCUT2D eigenvalue weighted by Gasteiger charge is 2.09. The van der Waals surface area contributed by atoms with Crippen molar-refractivity contribution in [2.75, 3.05) is 11.7 Å². The SMILES string of the molecule is CS(=O)(=O)c1ccc(C(=N)NNc2ccccc2Cl)nc1. The number of anilines is 1. The summed E-state index contributed by atoms with van der Waals surface area (Å²) in [5.74, 6) is -0.00466. The van der Waals surface area contributed by atoms with Gasteiger partial charge in [0.25, 0.3) is 0 Å². The highest BCUT2D eigenvalue weighted by atomic mass is 35.5. The summed E-state index contributed by atoms with van der Waals surface area (Å²) in [6, 6.07) is 9.93. The topological polar surface area (TPSA) is 94.9 Å². The van der Waals surface area contributed by atoms with Crippen LogP contribution >= 0.6 is 11.6 Å². The number of hydrogen-bond donors (Lipinski definition) is 3. The molecule has 1 aromatic carbocycles. The maximum absolute atomic E-state index is 11.3. The average Bonchev–Trinajstić information content (AvgIpc) is 2.45. The van der Waals surface area contributed by atoms with Crippen LogP contribution in [-0.4, -0.2) is 25.5 Å². The minimum atomic E-state index is -3.29. The van der Waals surface area contributed by atoms with Crippen LogP contribution in [0.1, 0.15) is 5.69 Å². The Morgan fingerprint density at radius 3 is 2.52 bits per heavy atom. The van der Waals surface area contributed by atoms with Gasteiger partial charge in [-0.05, 0) is 24.3 Å². The summed E-state index contributed by atoms with van der Waals surface area (Å²) >= 11 is 5.97. The maximum atomic E-state index is 11.3. The van der Waals surface area contributed by atoms with Gasteiger partial charge in [0, 0.05) is 12.5 Å². The second-order valence-electron chi connectivity index (χ2n) is 4.26. The Hall–Kier alpha value is -2.12. The average molecular weight is 325 g/mol. The third-order valence-corrected chi connectivity index (χ3v) is 4.04. The molecule has 6 nitrogen and oxygen atoms in total. The highest BCUT2D eigenvalue weighted by molar-refractivity contribution is 7.90. The molecule has 1 aromatic heterocycles. The summed E-state index contributed by atoms with van der Waals surface area (Å²) in [6.07, 6.45) is 2.32. The van der Waals surface area contributed by atoms with E-state index in [0.29, 0.717) is 16.4 Å². The zero-order chi connectivity index (χ0) is 15.5. The minimum absolute atomic E-state index is 0.00466. The van der Waals surface area contributed by atoms with E-state index >= 15 is 0 Å². The fraction of sp³-hybridized carbons (Fsp3) is 0.0769. The van der Waals surface area contributed by atoms with Gasteiger partial charge in [-0.2, -0.15) is 0 Å². The van der Waals surface area contributed by atoms with E-state index in [1.165, 1.54) is 18.3 Å². The summed E-state index contributed by atoms with van der Waals surface area (Å²) in [5, 5.41) is 8.36. The smallest absolute Gasteiger partial charge is 0.177 e. The summed E-state index contributed by atoms with van der Waals surface area (Å²) < 4.78 is 22.7. The van der Waals surface area contributed by atoms with Gasteiger partial charge in [0.15, 0.2) is 15.7 Å². The van der Waals surface area contributed by atoms with E-state index in [1.807, 2.05) is 0 Å². The van der Waals surface area contributed by atoms with Crippen molar-refractivity contribution in [3.63, 3.8) is 0 Å². The molecule has 0 aliphatic rings. The number of sulfone groups is 1. The molecule has 2 rings (SSSR count). The monoisotopic (exact) mass is 324 g/mol. The first kappa shape index (κ1) is 15.3. The Balaban J connectivity index is 2.06. The molecule has 2 aromatic rings. The molecule has 21 heavy (non-hydrogen) atoms.